The van der Waals surface area contributed by atoms with Gasteiger partial charge in [-0.15, -0.1) is 0 Å². The van der Waals surface area contributed by atoms with E-state index < -0.39 is 79.7 Å². The SMILES string of the molecule is O=C(CN1CCOCC1)N1CCC2(CC1)c1cc(C#C[C@H]3O[C@H](CO)[C@@H](O)[C@H](O)[C@@H]3O)ccc1-c1ccc(C#C[C@H]3O[C@H](CO)[C@@H](O)[C@H](O)[C@@H]3O)cc12. The highest BCUT2D eigenvalue weighted by molar-refractivity contribution is 5.83. The van der Waals surface area contributed by atoms with Crippen molar-refractivity contribution < 1.29 is 59.9 Å². The average molecular weight is 735 g/mol. The second-order valence-corrected chi connectivity index (χ2v) is 14.4. The summed E-state index contributed by atoms with van der Waals surface area (Å²) in [5.74, 6) is 11.9. The number of aliphatic hydroxyl groups is 8. The highest BCUT2D eigenvalue weighted by Crippen LogP contribution is 2.54. The Morgan fingerprint density at radius 1 is 0.679 bits per heavy atom. The molecule has 14 nitrogen and oxygen atoms in total. The molecule has 7 rings (SSSR count). The summed E-state index contributed by atoms with van der Waals surface area (Å²) >= 11 is 0. The first-order valence-electron chi connectivity index (χ1n) is 18.1. The maximum absolute atomic E-state index is 13.4. The first-order valence-corrected chi connectivity index (χ1v) is 18.1. The van der Waals surface area contributed by atoms with E-state index in [1.807, 2.05) is 41.3 Å². The molecule has 10 atom stereocenters. The van der Waals surface area contributed by atoms with Gasteiger partial charge in [-0.25, -0.2) is 0 Å². The maximum atomic E-state index is 13.4. The lowest BCUT2D eigenvalue weighted by molar-refractivity contribution is -0.214. The second kappa shape index (κ2) is 15.7. The highest BCUT2D eigenvalue weighted by atomic mass is 16.6. The molecule has 4 aliphatic heterocycles. The van der Waals surface area contributed by atoms with Crippen molar-refractivity contribution in [1.82, 2.24) is 9.80 Å². The van der Waals surface area contributed by atoms with Crippen molar-refractivity contribution in [3.63, 3.8) is 0 Å². The van der Waals surface area contributed by atoms with Gasteiger partial charge in [0.2, 0.25) is 5.91 Å². The molecule has 0 unspecified atom stereocenters. The lowest BCUT2D eigenvalue weighted by Gasteiger charge is -2.41. The first-order chi connectivity index (χ1) is 25.5. The van der Waals surface area contributed by atoms with Gasteiger partial charge in [0.25, 0.3) is 0 Å². The molecule has 53 heavy (non-hydrogen) atoms. The Bertz CT molecular complexity index is 1680. The van der Waals surface area contributed by atoms with E-state index in [-0.39, 0.29) is 5.91 Å². The van der Waals surface area contributed by atoms with E-state index in [0.717, 1.165) is 22.3 Å². The molecule has 5 aliphatic rings. The summed E-state index contributed by atoms with van der Waals surface area (Å²) in [5.41, 5.74) is 4.78. The van der Waals surface area contributed by atoms with Crippen molar-refractivity contribution in [2.45, 2.75) is 79.3 Å². The molecule has 2 aromatic carbocycles. The van der Waals surface area contributed by atoms with Gasteiger partial charge in [0, 0.05) is 42.7 Å². The van der Waals surface area contributed by atoms with Crippen LogP contribution in [0.1, 0.15) is 35.1 Å². The number of carbonyl (C=O) groups excluding carboxylic acids is 1. The summed E-state index contributed by atoms with van der Waals surface area (Å²) in [7, 11) is 0. The van der Waals surface area contributed by atoms with E-state index in [4.69, 9.17) is 14.2 Å². The Hall–Kier alpha value is -3.45. The number of morpholine rings is 1. The fraction of sp³-hybridized carbons (Fsp3) is 0.564. The van der Waals surface area contributed by atoms with Crippen LogP contribution in [-0.4, -0.2) is 177 Å². The van der Waals surface area contributed by atoms with Crippen LogP contribution in [0.2, 0.25) is 0 Å². The normalized spacial score (nSPS) is 33.6. The van der Waals surface area contributed by atoms with Gasteiger partial charge >= 0.3 is 0 Å². The van der Waals surface area contributed by atoms with Crippen molar-refractivity contribution in [1.29, 1.82) is 0 Å². The molecule has 2 aromatic rings. The summed E-state index contributed by atoms with van der Waals surface area (Å²) in [5, 5.41) is 81.1. The number of likely N-dealkylation sites (tertiary alicyclic amines) is 1. The van der Waals surface area contributed by atoms with E-state index in [0.29, 0.717) is 69.9 Å². The summed E-state index contributed by atoms with van der Waals surface area (Å²) in [4.78, 5) is 17.4. The number of ether oxygens (including phenoxy) is 3. The fourth-order valence-corrected chi connectivity index (χ4v) is 8.13. The van der Waals surface area contributed by atoms with Crippen LogP contribution in [0.4, 0.5) is 0 Å². The predicted molar refractivity (Wildman–Crippen MR) is 187 cm³/mol. The van der Waals surface area contributed by atoms with E-state index in [1.165, 1.54) is 0 Å². The standard InChI is InChI=1S/C39H46N2O12/c42-20-30-35(47)37(49)33(45)28(52-30)7-3-22-1-5-24-25-6-2-23(4-8-29-34(46)38(50)36(48)31(21-43)53-29)18-27(25)39(26(24)17-22)9-11-41(12-10-39)32(44)19-40-13-15-51-16-14-40/h1-2,5-6,17-18,28-31,33-38,42-43,45-50H,9-16,19-21H2/t28-,29-,30-,31-,33-,34-,35-,36-,37-,38-/m1/s1. The van der Waals surface area contributed by atoms with Gasteiger partial charge in [-0.2, -0.15) is 0 Å². The zero-order valence-electron chi connectivity index (χ0n) is 29.1. The molecule has 4 saturated heterocycles. The predicted octanol–water partition coefficient (Wildman–Crippen LogP) is -2.70. The largest absolute Gasteiger partial charge is 0.394 e. The molecule has 4 heterocycles. The topological polar surface area (TPSA) is 213 Å². The lowest BCUT2D eigenvalue weighted by Crippen LogP contribution is -2.58. The van der Waals surface area contributed by atoms with Crippen LogP contribution in [0.5, 0.6) is 0 Å². The molecule has 14 heteroatoms. The molecule has 1 amide bonds. The minimum atomic E-state index is -1.54. The molecule has 1 aliphatic carbocycles. The molecular weight excluding hydrogens is 688 g/mol. The van der Waals surface area contributed by atoms with Crippen LogP contribution in [0.3, 0.4) is 0 Å². The Labute approximate surface area is 307 Å². The molecule has 8 N–H and O–H groups in total. The van der Waals surface area contributed by atoms with E-state index >= 15 is 0 Å². The third-order valence-electron chi connectivity index (χ3n) is 11.3. The third kappa shape index (κ3) is 7.24. The first kappa shape index (κ1) is 37.8. The maximum Gasteiger partial charge on any atom is 0.236 e. The minimum absolute atomic E-state index is 0.0680. The van der Waals surface area contributed by atoms with Crippen molar-refractivity contribution in [2.24, 2.45) is 0 Å². The number of nitrogens with zero attached hydrogens (tertiary/aromatic N) is 2. The molecule has 4 fully saturated rings. The number of aliphatic hydroxyl groups excluding tert-OH is 8. The zero-order chi connectivity index (χ0) is 37.4. The number of carbonyl (C=O) groups is 1. The molecule has 0 aromatic heterocycles. The molecule has 1 spiro atoms. The third-order valence-corrected chi connectivity index (χ3v) is 11.3. The number of amides is 1. The average Bonchev–Trinajstić information content (AvgIpc) is 3.43. The van der Waals surface area contributed by atoms with Gasteiger partial charge in [-0.3, -0.25) is 9.69 Å². The minimum Gasteiger partial charge on any atom is -0.394 e. The van der Waals surface area contributed by atoms with Gasteiger partial charge in [-0.05, 0) is 59.4 Å². The van der Waals surface area contributed by atoms with E-state index in [2.05, 4.69) is 28.6 Å². The Morgan fingerprint density at radius 3 is 1.60 bits per heavy atom. The summed E-state index contributed by atoms with van der Waals surface area (Å²) in [6.07, 6.45) is -12.2. The van der Waals surface area contributed by atoms with Crippen molar-refractivity contribution >= 4 is 5.91 Å². The molecule has 284 valence electrons. The molecule has 0 radical (unpaired) electrons. The van der Waals surface area contributed by atoms with E-state index in [1.54, 1.807) is 0 Å². The Morgan fingerprint density at radius 2 is 1.15 bits per heavy atom. The number of rotatable bonds is 4. The monoisotopic (exact) mass is 734 g/mol. The number of piperidine rings is 1. The smallest absolute Gasteiger partial charge is 0.236 e. The van der Waals surface area contributed by atoms with Crippen LogP contribution in [0, 0.1) is 23.7 Å². The van der Waals surface area contributed by atoms with Crippen molar-refractivity contribution in [3.05, 3.63) is 58.7 Å². The van der Waals surface area contributed by atoms with Gasteiger partial charge in [-0.1, -0.05) is 35.8 Å². The zero-order valence-corrected chi connectivity index (χ0v) is 29.1. The van der Waals surface area contributed by atoms with Gasteiger partial charge in [0.1, 0.15) is 61.0 Å². The van der Waals surface area contributed by atoms with Gasteiger partial charge in [0.15, 0.2) is 0 Å². The Kier molecular flexibility index (Phi) is 11.2. The number of hydrogen-bond acceptors (Lipinski definition) is 13. The van der Waals surface area contributed by atoms with Crippen LogP contribution in [0.25, 0.3) is 11.1 Å². The van der Waals surface area contributed by atoms with E-state index in [9.17, 15) is 45.6 Å². The van der Waals surface area contributed by atoms with Gasteiger partial charge in [0.05, 0.1) is 33.0 Å². The summed E-state index contributed by atoms with van der Waals surface area (Å²) in [6, 6.07) is 11.7. The number of benzene rings is 2. The van der Waals surface area contributed by atoms with Crippen molar-refractivity contribution in [3.8, 4) is 34.8 Å². The van der Waals surface area contributed by atoms with Crippen molar-refractivity contribution in [2.75, 3.05) is 59.2 Å². The van der Waals surface area contributed by atoms with Crippen LogP contribution < -0.4 is 0 Å². The quantitative estimate of drug-likeness (QED) is 0.151. The molecule has 0 saturated carbocycles. The molecule has 0 bridgehead atoms. The molecular formula is C39H46N2O12. The number of fused-ring (bicyclic) bond motifs is 5. The van der Waals surface area contributed by atoms with Gasteiger partial charge < -0.3 is 60.0 Å². The Balaban J connectivity index is 1.19. The lowest BCUT2D eigenvalue weighted by atomic mass is 9.70. The second-order valence-electron chi connectivity index (χ2n) is 14.4. The summed E-state index contributed by atoms with van der Waals surface area (Å²) in [6.45, 7) is 2.90. The summed E-state index contributed by atoms with van der Waals surface area (Å²) < 4.78 is 16.6. The number of hydrogen-bond donors (Lipinski definition) is 8. The highest BCUT2D eigenvalue weighted by Gasteiger charge is 2.47. The fourth-order valence-electron chi connectivity index (χ4n) is 8.13. The van der Waals surface area contributed by atoms with Crippen LogP contribution >= 0.6 is 0 Å². The van der Waals surface area contributed by atoms with Crippen LogP contribution in [0.15, 0.2) is 36.4 Å². The van der Waals surface area contributed by atoms with Crippen LogP contribution in [-0.2, 0) is 24.4 Å².